The lowest BCUT2D eigenvalue weighted by atomic mass is 10.2. The van der Waals surface area contributed by atoms with Gasteiger partial charge in [-0.3, -0.25) is 4.79 Å². The van der Waals surface area contributed by atoms with Crippen molar-refractivity contribution in [3.05, 3.63) is 70.6 Å². The largest absolute Gasteiger partial charge is 0.417 e. The molecule has 0 aromatic heterocycles. The highest BCUT2D eigenvalue weighted by Gasteiger charge is 2.33. The maximum Gasteiger partial charge on any atom is 0.417 e. The minimum Gasteiger partial charge on any atom is -0.368 e. The number of nitrogens with one attached hydrogen (secondary N) is 1. The molecule has 0 aliphatic carbocycles. The smallest absolute Gasteiger partial charge is 0.368 e. The Labute approximate surface area is 181 Å². The molecule has 10 heteroatoms. The second kappa shape index (κ2) is 9.27. The molecule has 1 aliphatic rings. The molecule has 1 heterocycles. The summed E-state index contributed by atoms with van der Waals surface area (Å²) in [6, 6.07) is 11.0. The van der Waals surface area contributed by atoms with Crippen LogP contribution in [0.1, 0.15) is 5.56 Å². The van der Waals surface area contributed by atoms with Crippen molar-refractivity contribution in [1.29, 1.82) is 5.26 Å². The first-order valence-electron chi connectivity index (χ1n) is 9.22. The van der Waals surface area contributed by atoms with Crippen molar-refractivity contribution in [2.75, 3.05) is 36.4 Å². The molecule has 0 saturated carbocycles. The monoisotopic (exact) mass is 452 g/mol. The minimum absolute atomic E-state index is 0.0402. The summed E-state index contributed by atoms with van der Waals surface area (Å²) in [5.41, 5.74) is -0.388. The van der Waals surface area contributed by atoms with Gasteiger partial charge in [-0.05, 0) is 42.5 Å². The van der Waals surface area contributed by atoms with Gasteiger partial charge in [-0.1, -0.05) is 11.6 Å². The summed E-state index contributed by atoms with van der Waals surface area (Å²) in [6.07, 6.45) is -3.55. The van der Waals surface area contributed by atoms with Gasteiger partial charge in [0.05, 0.1) is 10.6 Å². The van der Waals surface area contributed by atoms with E-state index in [0.29, 0.717) is 26.2 Å². The molecule has 1 aliphatic heterocycles. The fraction of sp³-hybridized carbons (Fsp3) is 0.238. The van der Waals surface area contributed by atoms with Crippen LogP contribution in [0.3, 0.4) is 0 Å². The summed E-state index contributed by atoms with van der Waals surface area (Å²) < 4.78 is 52.0. The molecule has 0 bridgehead atoms. The van der Waals surface area contributed by atoms with E-state index in [0.717, 1.165) is 24.0 Å². The van der Waals surface area contributed by atoms with Crippen LogP contribution in [0.25, 0.3) is 0 Å². The highest BCUT2D eigenvalue weighted by atomic mass is 35.5. The number of carbonyl (C=O) groups is 1. The van der Waals surface area contributed by atoms with Crippen molar-refractivity contribution < 1.29 is 22.4 Å². The third-order valence-corrected chi connectivity index (χ3v) is 5.09. The summed E-state index contributed by atoms with van der Waals surface area (Å²) in [5.74, 6) is -0.865. The van der Waals surface area contributed by atoms with Crippen molar-refractivity contribution in [3.63, 3.8) is 0 Å². The molecule has 1 N–H and O–H groups in total. The Morgan fingerprint density at radius 2 is 1.74 bits per heavy atom. The summed E-state index contributed by atoms with van der Waals surface area (Å²) >= 11 is 5.59. The predicted octanol–water partition coefficient (Wildman–Crippen LogP) is 4.67. The van der Waals surface area contributed by atoms with Gasteiger partial charge < -0.3 is 15.1 Å². The summed E-state index contributed by atoms with van der Waals surface area (Å²) in [5, 5.41) is 11.4. The zero-order valence-corrected chi connectivity index (χ0v) is 16.8. The molecular weight excluding hydrogens is 436 g/mol. The molecule has 0 atom stereocenters. The average molecular weight is 453 g/mol. The Morgan fingerprint density at radius 3 is 2.32 bits per heavy atom. The third-order valence-electron chi connectivity index (χ3n) is 4.76. The number of hydrogen-bond acceptors (Lipinski definition) is 4. The number of piperazine rings is 1. The van der Waals surface area contributed by atoms with Crippen LogP contribution in [0.15, 0.2) is 54.2 Å². The zero-order chi connectivity index (χ0) is 22.6. The SMILES string of the molecule is N#C/C(=C/Nc1ccc(Cl)c(C(F)(F)F)c1)C(=O)N1CCN(c2ccc(F)cc2)CC1. The molecule has 0 unspecified atom stereocenters. The molecule has 0 radical (unpaired) electrons. The van der Waals surface area contributed by atoms with Crippen LogP contribution >= 0.6 is 11.6 Å². The Kier molecular flexibility index (Phi) is 6.71. The lowest BCUT2D eigenvalue weighted by molar-refractivity contribution is -0.137. The van der Waals surface area contributed by atoms with Gasteiger partial charge in [-0.2, -0.15) is 18.4 Å². The Morgan fingerprint density at radius 1 is 1.10 bits per heavy atom. The van der Waals surface area contributed by atoms with Gasteiger partial charge in [0.15, 0.2) is 0 Å². The quantitative estimate of drug-likeness (QED) is 0.416. The van der Waals surface area contributed by atoms with Gasteiger partial charge in [-0.15, -0.1) is 0 Å². The molecule has 1 fully saturated rings. The van der Waals surface area contributed by atoms with E-state index < -0.39 is 22.7 Å². The van der Waals surface area contributed by atoms with Gasteiger partial charge in [0, 0.05) is 43.8 Å². The summed E-state index contributed by atoms with van der Waals surface area (Å²) in [7, 11) is 0. The van der Waals surface area contributed by atoms with Crippen molar-refractivity contribution in [2.24, 2.45) is 0 Å². The van der Waals surface area contributed by atoms with Crippen molar-refractivity contribution in [2.45, 2.75) is 6.18 Å². The maximum atomic E-state index is 13.1. The fourth-order valence-electron chi connectivity index (χ4n) is 3.12. The number of hydrogen-bond donors (Lipinski definition) is 1. The number of nitrogens with zero attached hydrogens (tertiary/aromatic N) is 3. The number of anilines is 2. The number of amides is 1. The molecule has 3 rings (SSSR count). The molecule has 1 amide bonds. The standard InChI is InChI=1S/C21H17ClF4N4O/c22-19-6-3-16(11-18(19)21(24,25)26)28-13-14(12-27)20(31)30-9-7-29(8-10-30)17-4-1-15(23)2-5-17/h1-6,11,13,28H,7-10H2/b14-13-. The van der Waals surface area contributed by atoms with Crippen LogP contribution in [-0.4, -0.2) is 37.0 Å². The van der Waals surface area contributed by atoms with Gasteiger partial charge in [0.1, 0.15) is 17.5 Å². The van der Waals surface area contributed by atoms with E-state index in [9.17, 15) is 27.6 Å². The lowest BCUT2D eigenvalue weighted by Gasteiger charge is -2.36. The van der Waals surface area contributed by atoms with Gasteiger partial charge in [0.25, 0.3) is 5.91 Å². The Hall–Kier alpha value is -3.25. The number of halogens is 5. The van der Waals surface area contributed by atoms with Gasteiger partial charge in [-0.25, -0.2) is 4.39 Å². The van der Waals surface area contributed by atoms with E-state index in [1.807, 2.05) is 4.90 Å². The number of carbonyl (C=O) groups excluding carboxylic acids is 1. The first-order chi connectivity index (χ1) is 14.7. The number of alkyl halides is 3. The van der Waals surface area contributed by atoms with Crippen LogP contribution < -0.4 is 10.2 Å². The number of rotatable bonds is 4. The zero-order valence-electron chi connectivity index (χ0n) is 16.1. The molecule has 2 aromatic rings. The fourth-order valence-corrected chi connectivity index (χ4v) is 3.34. The van der Waals surface area contributed by atoms with E-state index in [-0.39, 0.29) is 17.1 Å². The van der Waals surface area contributed by atoms with Crippen molar-refractivity contribution in [1.82, 2.24) is 4.90 Å². The Bertz CT molecular complexity index is 1020. The molecule has 162 valence electrons. The van der Waals surface area contributed by atoms with Gasteiger partial charge >= 0.3 is 6.18 Å². The summed E-state index contributed by atoms with van der Waals surface area (Å²) in [6.45, 7) is 1.67. The normalized spacial score (nSPS) is 14.9. The van der Waals surface area contributed by atoms with E-state index in [4.69, 9.17) is 11.6 Å². The molecule has 1 saturated heterocycles. The van der Waals surface area contributed by atoms with Crippen LogP contribution in [0.4, 0.5) is 28.9 Å². The van der Waals surface area contributed by atoms with Crippen molar-refractivity contribution in [3.8, 4) is 6.07 Å². The number of benzene rings is 2. The predicted molar refractivity (Wildman–Crippen MR) is 109 cm³/mol. The topological polar surface area (TPSA) is 59.4 Å². The lowest BCUT2D eigenvalue weighted by Crippen LogP contribution is -2.49. The van der Waals surface area contributed by atoms with E-state index >= 15 is 0 Å². The summed E-state index contributed by atoms with van der Waals surface area (Å²) in [4.78, 5) is 16.1. The van der Waals surface area contributed by atoms with E-state index in [1.165, 1.54) is 23.1 Å². The molecule has 0 spiro atoms. The maximum absolute atomic E-state index is 13.1. The Balaban J connectivity index is 1.65. The third kappa shape index (κ3) is 5.47. The first-order valence-corrected chi connectivity index (χ1v) is 9.60. The minimum atomic E-state index is -4.63. The highest BCUT2D eigenvalue weighted by molar-refractivity contribution is 6.31. The first kappa shape index (κ1) is 22.4. The molecule has 31 heavy (non-hydrogen) atoms. The molecular formula is C21H17ClF4N4O. The van der Waals surface area contributed by atoms with Gasteiger partial charge in [0.2, 0.25) is 0 Å². The molecule has 5 nitrogen and oxygen atoms in total. The number of nitriles is 1. The van der Waals surface area contributed by atoms with Crippen LogP contribution in [-0.2, 0) is 11.0 Å². The van der Waals surface area contributed by atoms with Crippen LogP contribution in [0, 0.1) is 17.1 Å². The van der Waals surface area contributed by atoms with E-state index in [1.54, 1.807) is 18.2 Å². The van der Waals surface area contributed by atoms with Crippen LogP contribution in [0.2, 0.25) is 5.02 Å². The van der Waals surface area contributed by atoms with E-state index in [2.05, 4.69) is 5.32 Å². The highest BCUT2D eigenvalue weighted by Crippen LogP contribution is 2.36. The second-order valence-corrected chi connectivity index (χ2v) is 7.17. The molecule has 2 aromatic carbocycles. The van der Waals surface area contributed by atoms with Crippen molar-refractivity contribution >= 4 is 28.9 Å². The average Bonchev–Trinajstić information content (AvgIpc) is 2.75. The second-order valence-electron chi connectivity index (χ2n) is 6.76. The van der Waals surface area contributed by atoms with Crippen LogP contribution in [0.5, 0.6) is 0 Å².